The first-order valence-corrected chi connectivity index (χ1v) is 6.58. The molecular formula is C14H22N2O. The maximum Gasteiger partial charge on any atom is 0.138 e. The van der Waals surface area contributed by atoms with Crippen LogP contribution >= 0.6 is 0 Å². The normalized spacial score (nSPS) is 17.1. The largest absolute Gasteiger partial charge is 0.506 e. The van der Waals surface area contributed by atoms with Gasteiger partial charge >= 0.3 is 0 Å². The molecular weight excluding hydrogens is 212 g/mol. The lowest BCUT2D eigenvalue weighted by Gasteiger charge is -2.16. The van der Waals surface area contributed by atoms with Crippen molar-refractivity contribution in [3.05, 3.63) is 23.5 Å². The summed E-state index contributed by atoms with van der Waals surface area (Å²) >= 11 is 0. The molecule has 94 valence electrons. The summed E-state index contributed by atoms with van der Waals surface area (Å²) in [6, 6.07) is 4.12. The highest BCUT2D eigenvalue weighted by atomic mass is 16.3. The fourth-order valence-electron chi connectivity index (χ4n) is 2.12. The van der Waals surface area contributed by atoms with Crippen LogP contribution in [0.3, 0.4) is 0 Å². The molecule has 1 aromatic heterocycles. The van der Waals surface area contributed by atoms with E-state index in [1.807, 2.05) is 13.0 Å². The van der Waals surface area contributed by atoms with Gasteiger partial charge in [0.15, 0.2) is 0 Å². The topological polar surface area (TPSA) is 45.2 Å². The zero-order chi connectivity index (χ0) is 12.3. The Morgan fingerprint density at radius 1 is 1.47 bits per heavy atom. The first kappa shape index (κ1) is 12.4. The third-order valence-electron chi connectivity index (χ3n) is 3.46. The summed E-state index contributed by atoms with van der Waals surface area (Å²) in [5.41, 5.74) is 1.72. The summed E-state index contributed by atoms with van der Waals surface area (Å²) < 4.78 is 0. The SMILES string of the molecule is CCC(CC1CC1)NCc1nc(C)ccc1O. The van der Waals surface area contributed by atoms with Crippen molar-refractivity contribution in [3.63, 3.8) is 0 Å². The Labute approximate surface area is 103 Å². The molecule has 2 rings (SSSR count). The Balaban J connectivity index is 1.88. The first-order chi connectivity index (χ1) is 8.19. The molecule has 0 saturated heterocycles. The number of rotatable bonds is 6. The van der Waals surface area contributed by atoms with Gasteiger partial charge < -0.3 is 10.4 Å². The Kier molecular flexibility index (Phi) is 4.00. The van der Waals surface area contributed by atoms with E-state index in [2.05, 4.69) is 17.2 Å². The Morgan fingerprint density at radius 2 is 2.24 bits per heavy atom. The summed E-state index contributed by atoms with van der Waals surface area (Å²) in [7, 11) is 0. The van der Waals surface area contributed by atoms with Gasteiger partial charge in [-0.1, -0.05) is 19.8 Å². The van der Waals surface area contributed by atoms with Crippen LogP contribution in [0.5, 0.6) is 5.75 Å². The molecule has 0 bridgehead atoms. The highest BCUT2D eigenvalue weighted by molar-refractivity contribution is 5.27. The van der Waals surface area contributed by atoms with Crippen molar-refractivity contribution in [2.75, 3.05) is 0 Å². The van der Waals surface area contributed by atoms with Gasteiger partial charge in [-0.2, -0.15) is 0 Å². The maximum absolute atomic E-state index is 9.71. The molecule has 3 heteroatoms. The third-order valence-corrected chi connectivity index (χ3v) is 3.46. The second kappa shape index (κ2) is 5.50. The molecule has 0 spiro atoms. The molecule has 1 aromatic rings. The number of nitrogens with zero attached hydrogens (tertiary/aromatic N) is 1. The molecule has 1 saturated carbocycles. The van der Waals surface area contributed by atoms with Crippen molar-refractivity contribution in [2.24, 2.45) is 5.92 Å². The van der Waals surface area contributed by atoms with Crippen LogP contribution < -0.4 is 5.32 Å². The average Bonchev–Trinajstić information content (AvgIpc) is 3.12. The van der Waals surface area contributed by atoms with Crippen LogP contribution in [0.2, 0.25) is 0 Å². The molecule has 0 aliphatic heterocycles. The molecule has 1 fully saturated rings. The van der Waals surface area contributed by atoms with Gasteiger partial charge in [0.25, 0.3) is 0 Å². The van der Waals surface area contributed by atoms with Gasteiger partial charge in [0.2, 0.25) is 0 Å². The van der Waals surface area contributed by atoms with Crippen LogP contribution in [-0.2, 0) is 6.54 Å². The Morgan fingerprint density at radius 3 is 2.88 bits per heavy atom. The van der Waals surface area contributed by atoms with Crippen LogP contribution in [0.1, 0.15) is 44.0 Å². The van der Waals surface area contributed by atoms with E-state index in [-0.39, 0.29) is 0 Å². The summed E-state index contributed by atoms with van der Waals surface area (Å²) in [4.78, 5) is 4.36. The van der Waals surface area contributed by atoms with Crippen molar-refractivity contribution in [1.82, 2.24) is 10.3 Å². The van der Waals surface area contributed by atoms with Gasteiger partial charge in [0.1, 0.15) is 5.75 Å². The number of aromatic nitrogens is 1. The number of pyridine rings is 1. The second-order valence-corrected chi connectivity index (χ2v) is 5.08. The van der Waals surface area contributed by atoms with Crippen LogP contribution in [0.4, 0.5) is 0 Å². The standard InChI is InChI=1S/C14H22N2O/c1-3-12(8-11-5-6-11)15-9-13-14(17)7-4-10(2)16-13/h4,7,11-12,15,17H,3,5-6,8-9H2,1-2H3. The number of nitrogens with one attached hydrogen (secondary N) is 1. The fourth-order valence-corrected chi connectivity index (χ4v) is 2.12. The van der Waals surface area contributed by atoms with Gasteiger partial charge in [-0.3, -0.25) is 4.98 Å². The summed E-state index contributed by atoms with van der Waals surface area (Å²) in [5, 5.41) is 13.2. The zero-order valence-corrected chi connectivity index (χ0v) is 10.7. The summed E-state index contributed by atoms with van der Waals surface area (Å²) in [6.07, 6.45) is 5.20. The third kappa shape index (κ3) is 3.70. The molecule has 1 heterocycles. The molecule has 0 aromatic carbocycles. The fraction of sp³-hybridized carbons (Fsp3) is 0.643. The predicted molar refractivity (Wildman–Crippen MR) is 68.9 cm³/mol. The molecule has 1 atom stereocenters. The minimum absolute atomic E-state index is 0.296. The van der Waals surface area contributed by atoms with E-state index in [0.29, 0.717) is 18.3 Å². The lowest BCUT2D eigenvalue weighted by Crippen LogP contribution is -2.28. The minimum Gasteiger partial charge on any atom is -0.506 e. The first-order valence-electron chi connectivity index (χ1n) is 6.58. The molecule has 1 unspecified atom stereocenters. The van der Waals surface area contributed by atoms with Crippen molar-refractivity contribution in [1.29, 1.82) is 0 Å². The van der Waals surface area contributed by atoms with E-state index in [0.717, 1.165) is 23.7 Å². The van der Waals surface area contributed by atoms with Crippen molar-refractivity contribution >= 4 is 0 Å². The van der Waals surface area contributed by atoms with E-state index in [4.69, 9.17) is 0 Å². The van der Waals surface area contributed by atoms with E-state index in [9.17, 15) is 5.11 Å². The van der Waals surface area contributed by atoms with Gasteiger partial charge in [-0.25, -0.2) is 0 Å². The van der Waals surface area contributed by atoms with Crippen molar-refractivity contribution in [2.45, 2.75) is 52.1 Å². The molecule has 1 aliphatic rings. The van der Waals surface area contributed by atoms with Gasteiger partial charge in [-0.15, -0.1) is 0 Å². The lowest BCUT2D eigenvalue weighted by molar-refractivity contribution is 0.424. The van der Waals surface area contributed by atoms with Crippen LogP contribution in [0.25, 0.3) is 0 Å². The van der Waals surface area contributed by atoms with Crippen molar-refractivity contribution in [3.8, 4) is 5.75 Å². The summed E-state index contributed by atoms with van der Waals surface area (Å²) in [6.45, 7) is 4.83. The summed E-state index contributed by atoms with van der Waals surface area (Å²) in [5.74, 6) is 1.23. The molecule has 1 aliphatic carbocycles. The predicted octanol–water partition coefficient (Wildman–Crippen LogP) is 2.76. The van der Waals surface area contributed by atoms with Crippen molar-refractivity contribution < 1.29 is 5.11 Å². The van der Waals surface area contributed by atoms with Gasteiger partial charge in [0.05, 0.1) is 5.69 Å². The lowest BCUT2D eigenvalue weighted by atomic mass is 10.1. The van der Waals surface area contributed by atoms with E-state index in [1.165, 1.54) is 19.3 Å². The van der Waals surface area contributed by atoms with Crippen LogP contribution in [0, 0.1) is 12.8 Å². The molecule has 0 radical (unpaired) electrons. The number of hydrogen-bond acceptors (Lipinski definition) is 3. The average molecular weight is 234 g/mol. The van der Waals surface area contributed by atoms with Gasteiger partial charge in [-0.05, 0) is 37.8 Å². The van der Waals surface area contributed by atoms with E-state index < -0.39 is 0 Å². The maximum atomic E-state index is 9.71. The minimum atomic E-state index is 0.296. The van der Waals surface area contributed by atoms with E-state index >= 15 is 0 Å². The van der Waals surface area contributed by atoms with Crippen LogP contribution in [-0.4, -0.2) is 16.1 Å². The number of aromatic hydroxyl groups is 1. The molecule has 0 amide bonds. The quantitative estimate of drug-likeness (QED) is 0.795. The van der Waals surface area contributed by atoms with Gasteiger partial charge in [0, 0.05) is 18.3 Å². The number of aryl methyl sites for hydroxylation is 1. The Hall–Kier alpha value is -1.09. The molecule has 2 N–H and O–H groups in total. The number of hydrogen-bond donors (Lipinski definition) is 2. The zero-order valence-electron chi connectivity index (χ0n) is 10.7. The smallest absolute Gasteiger partial charge is 0.138 e. The molecule has 17 heavy (non-hydrogen) atoms. The Bertz CT molecular complexity index is 374. The van der Waals surface area contributed by atoms with Crippen LogP contribution in [0.15, 0.2) is 12.1 Å². The highest BCUT2D eigenvalue weighted by Gasteiger charge is 2.24. The monoisotopic (exact) mass is 234 g/mol. The second-order valence-electron chi connectivity index (χ2n) is 5.08. The molecule has 3 nitrogen and oxygen atoms in total. The van der Waals surface area contributed by atoms with E-state index in [1.54, 1.807) is 6.07 Å². The highest BCUT2D eigenvalue weighted by Crippen LogP contribution is 2.34.